The topological polar surface area (TPSA) is 103 Å². The molecule has 0 saturated carbocycles. The Bertz CT molecular complexity index is 1430. The van der Waals surface area contributed by atoms with Crippen LogP contribution in [0, 0.1) is 18.7 Å². The average molecular weight is 579 g/mol. The van der Waals surface area contributed by atoms with Gasteiger partial charge in [0.05, 0.1) is 27.6 Å². The molecule has 2 heterocycles. The fraction of sp³-hybridized carbons (Fsp3) is 0.355. The first-order valence-electron chi connectivity index (χ1n) is 14.0. The first-order valence-corrected chi connectivity index (χ1v) is 14.3. The van der Waals surface area contributed by atoms with Gasteiger partial charge < -0.3 is 31.5 Å². The van der Waals surface area contributed by atoms with Crippen LogP contribution in [0.15, 0.2) is 48.5 Å². The van der Waals surface area contributed by atoms with E-state index in [9.17, 15) is 14.0 Å². The molecule has 216 valence electrons. The molecule has 0 bridgehead atoms. The predicted molar refractivity (Wildman–Crippen MR) is 164 cm³/mol. The summed E-state index contributed by atoms with van der Waals surface area (Å²) in [7, 11) is 2.09. The number of hydrogen-bond acceptors (Lipinski definition) is 6. The van der Waals surface area contributed by atoms with Crippen LogP contribution in [0.25, 0.3) is 11.1 Å². The van der Waals surface area contributed by atoms with Crippen LogP contribution in [-0.4, -0.2) is 63.0 Å². The van der Waals surface area contributed by atoms with Crippen molar-refractivity contribution in [3.63, 3.8) is 0 Å². The van der Waals surface area contributed by atoms with E-state index in [2.05, 4.69) is 32.8 Å². The second-order valence-electron chi connectivity index (χ2n) is 10.8. The average Bonchev–Trinajstić information content (AvgIpc) is 2.99. The van der Waals surface area contributed by atoms with Gasteiger partial charge in [0.1, 0.15) is 0 Å². The molecule has 3 aromatic carbocycles. The second-order valence-corrected chi connectivity index (χ2v) is 11.2. The van der Waals surface area contributed by atoms with E-state index < -0.39 is 11.7 Å². The predicted octanol–water partition coefficient (Wildman–Crippen LogP) is 4.98. The van der Waals surface area contributed by atoms with Crippen LogP contribution in [0.5, 0.6) is 0 Å². The van der Waals surface area contributed by atoms with Crippen molar-refractivity contribution < 1.29 is 14.0 Å². The summed E-state index contributed by atoms with van der Waals surface area (Å²) in [6, 6.07) is 14.9. The number of hydrogen-bond donors (Lipinski definition) is 4. The number of likely N-dealkylation sites (N-methyl/N-ethyl adjacent to an activating group) is 1. The van der Waals surface area contributed by atoms with Crippen molar-refractivity contribution in [1.29, 1.82) is 0 Å². The van der Waals surface area contributed by atoms with Gasteiger partial charge in [-0.1, -0.05) is 29.8 Å². The highest BCUT2D eigenvalue weighted by molar-refractivity contribution is 6.35. The molecule has 2 aliphatic heterocycles. The number of rotatable bonds is 6. The molecular weight excluding hydrogens is 543 g/mol. The van der Waals surface area contributed by atoms with E-state index in [4.69, 9.17) is 17.3 Å². The quantitative estimate of drug-likeness (QED) is 0.308. The second kappa shape index (κ2) is 12.5. The van der Waals surface area contributed by atoms with E-state index in [-0.39, 0.29) is 33.7 Å². The normalized spacial score (nSPS) is 16.4. The summed E-state index contributed by atoms with van der Waals surface area (Å²) in [4.78, 5) is 30.6. The van der Waals surface area contributed by atoms with Crippen molar-refractivity contribution in [1.82, 2.24) is 10.2 Å². The Morgan fingerprint density at radius 1 is 0.976 bits per heavy atom. The molecule has 10 heteroatoms. The van der Waals surface area contributed by atoms with Crippen molar-refractivity contribution in [2.75, 3.05) is 67.6 Å². The maximum absolute atomic E-state index is 14.3. The number of halogens is 2. The molecule has 0 spiro atoms. The minimum atomic E-state index is -0.623. The molecule has 8 nitrogen and oxygen atoms in total. The molecule has 2 aliphatic rings. The van der Waals surface area contributed by atoms with Gasteiger partial charge >= 0.3 is 0 Å². The van der Waals surface area contributed by atoms with Crippen LogP contribution in [0.3, 0.4) is 0 Å². The number of nitrogens with two attached hydrogens (primary N) is 1. The van der Waals surface area contributed by atoms with Crippen LogP contribution in [0.4, 0.5) is 27.1 Å². The lowest BCUT2D eigenvalue weighted by atomic mass is 9.97. The maximum atomic E-state index is 14.3. The highest BCUT2D eigenvalue weighted by Crippen LogP contribution is 2.35. The Morgan fingerprint density at radius 3 is 2.32 bits per heavy atom. The van der Waals surface area contributed by atoms with Crippen LogP contribution < -0.4 is 26.6 Å². The van der Waals surface area contributed by atoms with Gasteiger partial charge in [0.25, 0.3) is 5.91 Å². The molecule has 0 unspecified atom stereocenters. The van der Waals surface area contributed by atoms with Crippen molar-refractivity contribution in [2.45, 2.75) is 19.8 Å². The van der Waals surface area contributed by atoms with E-state index in [1.165, 1.54) is 13.0 Å². The number of nitrogens with one attached hydrogen (secondary N) is 3. The summed E-state index contributed by atoms with van der Waals surface area (Å²) in [6.45, 7) is 6.65. The lowest BCUT2D eigenvalue weighted by Gasteiger charge is -2.35. The Balaban J connectivity index is 1.41. The standard InChI is InChI=1S/C31H36ClFN6O2/c1-19-28(32)24(18-25(34)29(19)33)31(41)37-26-17-22(5-8-27(26)39-15-13-38(2)14-16-39)20-3-6-23(7-4-20)36-30(40)21-9-11-35-12-10-21/h3-8,17-18,21,35H,9-16,34H2,1-2H3,(H,36,40)(H,37,41). The highest BCUT2D eigenvalue weighted by Gasteiger charge is 2.23. The summed E-state index contributed by atoms with van der Waals surface area (Å²) >= 11 is 6.36. The van der Waals surface area contributed by atoms with E-state index in [0.717, 1.165) is 74.6 Å². The number of nitrogens with zero attached hydrogens (tertiary/aromatic N) is 2. The molecular formula is C31H36ClFN6O2. The van der Waals surface area contributed by atoms with E-state index in [0.29, 0.717) is 5.69 Å². The fourth-order valence-electron chi connectivity index (χ4n) is 5.37. The van der Waals surface area contributed by atoms with Crippen LogP contribution in [0.1, 0.15) is 28.8 Å². The number of benzene rings is 3. The first kappa shape index (κ1) is 28.9. The number of amides is 2. The molecule has 0 radical (unpaired) electrons. The molecule has 2 saturated heterocycles. The lowest BCUT2D eigenvalue weighted by Crippen LogP contribution is -2.44. The van der Waals surface area contributed by atoms with Gasteiger partial charge in [0, 0.05) is 43.3 Å². The van der Waals surface area contributed by atoms with Gasteiger partial charge in [0.15, 0.2) is 5.82 Å². The van der Waals surface area contributed by atoms with E-state index in [1.54, 1.807) is 0 Å². The molecule has 0 atom stereocenters. The molecule has 3 aromatic rings. The van der Waals surface area contributed by atoms with Crippen molar-refractivity contribution in [3.05, 3.63) is 70.5 Å². The minimum absolute atomic E-state index is 0.0259. The summed E-state index contributed by atoms with van der Waals surface area (Å²) in [6.07, 6.45) is 1.68. The van der Waals surface area contributed by atoms with Crippen LogP contribution >= 0.6 is 11.6 Å². The molecule has 5 N–H and O–H groups in total. The summed E-state index contributed by atoms with van der Waals surface area (Å²) < 4.78 is 14.3. The molecule has 5 rings (SSSR count). The van der Waals surface area contributed by atoms with Gasteiger partial charge in [-0.3, -0.25) is 9.59 Å². The Labute approximate surface area is 245 Å². The number of carbonyl (C=O) groups is 2. The zero-order valence-corrected chi connectivity index (χ0v) is 24.2. The van der Waals surface area contributed by atoms with Gasteiger partial charge in [-0.2, -0.15) is 0 Å². The van der Waals surface area contributed by atoms with Gasteiger partial charge in [-0.25, -0.2) is 4.39 Å². The van der Waals surface area contributed by atoms with Gasteiger partial charge in [-0.15, -0.1) is 0 Å². The summed E-state index contributed by atoms with van der Waals surface area (Å²) in [5.41, 5.74) is 10.0. The van der Waals surface area contributed by atoms with Crippen LogP contribution in [0.2, 0.25) is 5.02 Å². The Morgan fingerprint density at radius 2 is 1.63 bits per heavy atom. The highest BCUT2D eigenvalue weighted by atomic mass is 35.5. The zero-order valence-electron chi connectivity index (χ0n) is 23.4. The smallest absolute Gasteiger partial charge is 0.257 e. The van der Waals surface area contributed by atoms with Crippen molar-refractivity contribution >= 4 is 46.2 Å². The Kier molecular flexibility index (Phi) is 8.77. The largest absolute Gasteiger partial charge is 0.396 e. The number of anilines is 4. The third-order valence-corrected chi connectivity index (χ3v) is 8.46. The Hall–Kier alpha value is -3.66. The zero-order chi connectivity index (χ0) is 29.1. The van der Waals surface area contributed by atoms with E-state index >= 15 is 0 Å². The third kappa shape index (κ3) is 6.48. The monoisotopic (exact) mass is 578 g/mol. The molecule has 41 heavy (non-hydrogen) atoms. The van der Waals surface area contributed by atoms with E-state index in [1.807, 2.05) is 42.5 Å². The molecule has 2 fully saturated rings. The van der Waals surface area contributed by atoms with Gasteiger partial charge in [-0.05, 0) is 81.4 Å². The van der Waals surface area contributed by atoms with Crippen LogP contribution in [-0.2, 0) is 4.79 Å². The number of piperazine rings is 1. The van der Waals surface area contributed by atoms with Crippen molar-refractivity contribution in [3.8, 4) is 11.1 Å². The minimum Gasteiger partial charge on any atom is -0.396 e. The summed E-state index contributed by atoms with van der Waals surface area (Å²) in [5.74, 6) is -1.01. The lowest BCUT2D eigenvalue weighted by molar-refractivity contribution is -0.120. The number of piperidine rings is 1. The molecule has 0 aliphatic carbocycles. The first-order chi connectivity index (χ1) is 19.7. The third-order valence-electron chi connectivity index (χ3n) is 7.98. The fourth-order valence-corrected chi connectivity index (χ4v) is 5.59. The molecule has 0 aromatic heterocycles. The number of nitrogen functional groups attached to an aromatic ring is 1. The van der Waals surface area contributed by atoms with Crippen molar-refractivity contribution in [2.24, 2.45) is 5.92 Å². The SMILES string of the molecule is Cc1c(F)c(N)cc(C(=O)Nc2cc(-c3ccc(NC(=O)C4CCNCC4)cc3)ccc2N2CCN(C)CC2)c1Cl. The van der Waals surface area contributed by atoms with Gasteiger partial charge in [0.2, 0.25) is 5.91 Å². The number of carbonyl (C=O) groups excluding carboxylic acids is 2. The maximum Gasteiger partial charge on any atom is 0.257 e. The molecule has 2 amide bonds. The summed E-state index contributed by atoms with van der Waals surface area (Å²) in [5, 5.41) is 9.37.